The third-order valence-corrected chi connectivity index (χ3v) is 4.18. The Kier molecular flexibility index (Phi) is 3.18. The molecule has 0 radical (unpaired) electrons. The van der Waals surface area contributed by atoms with E-state index in [4.69, 9.17) is 5.73 Å². The molecule has 2 fully saturated rings. The highest BCUT2D eigenvalue weighted by Crippen LogP contribution is 2.42. The van der Waals surface area contributed by atoms with Crippen molar-refractivity contribution >= 4 is 11.6 Å². The lowest BCUT2D eigenvalue weighted by Gasteiger charge is -2.14. The first-order chi connectivity index (χ1) is 9.16. The largest absolute Gasteiger partial charge is 0.395 e. The fraction of sp³-hybridized carbons (Fsp3) is 0.692. The lowest BCUT2D eigenvalue weighted by atomic mass is 10.1. The fourth-order valence-corrected chi connectivity index (χ4v) is 2.78. The van der Waals surface area contributed by atoms with Gasteiger partial charge >= 0.3 is 0 Å². The SMILES string of the molecule is Nc1c(C(=O)NCC2CCCC2O)n[nH]c1C1CC1. The van der Waals surface area contributed by atoms with Gasteiger partial charge in [0.1, 0.15) is 0 Å². The first kappa shape index (κ1) is 12.5. The van der Waals surface area contributed by atoms with E-state index in [2.05, 4.69) is 15.5 Å². The highest BCUT2D eigenvalue weighted by Gasteiger charge is 2.31. The summed E-state index contributed by atoms with van der Waals surface area (Å²) in [5, 5.41) is 19.4. The van der Waals surface area contributed by atoms with Crippen LogP contribution in [0, 0.1) is 5.92 Å². The zero-order chi connectivity index (χ0) is 13.4. The number of aromatic amines is 1. The number of amides is 1. The van der Waals surface area contributed by atoms with E-state index in [0.717, 1.165) is 37.8 Å². The zero-order valence-corrected chi connectivity index (χ0v) is 10.9. The molecule has 1 aromatic heterocycles. The maximum Gasteiger partial charge on any atom is 0.273 e. The van der Waals surface area contributed by atoms with E-state index in [1.807, 2.05) is 0 Å². The van der Waals surface area contributed by atoms with E-state index < -0.39 is 0 Å². The summed E-state index contributed by atoms with van der Waals surface area (Å²) in [6.45, 7) is 0.491. The molecule has 0 aromatic carbocycles. The monoisotopic (exact) mass is 264 g/mol. The van der Waals surface area contributed by atoms with Crippen LogP contribution in [-0.2, 0) is 0 Å². The summed E-state index contributed by atoms with van der Waals surface area (Å²) in [6, 6.07) is 0. The highest BCUT2D eigenvalue weighted by atomic mass is 16.3. The number of hydrogen-bond acceptors (Lipinski definition) is 4. The average Bonchev–Trinajstić information content (AvgIpc) is 3.04. The zero-order valence-electron chi connectivity index (χ0n) is 10.9. The van der Waals surface area contributed by atoms with Crippen LogP contribution in [0.15, 0.2) is 0 Å². The first-order valence-electron chi connectivity index (χ1n) is 6.97. The first-order valence-corrected chi connectivity index (χ1v) is 6.97. The van der Waals surface area contributed by atoms with Crippen molar-refractivity contribution in [3.8, 4) is 0 Å². The molecule has 1 amide bonds. The molecule has 2 aliphatic carbocycles. The minimum atomic E-state index is -0.293. The molecule has 1 heterocycles. The summed E-state index contributed by atoms with van der Waals surface area (Å²) in [6.07, 6.45) is 4.75. The molecule has 6 heteroatoms. The maximum atomic E-state index is 12.0. The molecule has 104 valence electrons. The Morgan fingerprint density at radius 2 is 2.21 bits per heavy atom. The second-order valence-electron chi connectivity index (χ2n) is 5.64. The molecule has 0 aliphatic heterocycles. The van der Waals surface area contributed by atoms with Crippen LogP contribution in [0.4, 0.5) is 5.69 Å². The molecule has 2 saturated carbocycles. The number of hydrogen-bond donors (Lipinski definition) is 4. The Morgan fingerprint density at radius 1 is 1.42 bits per heavy atom. The van der Waals surface area contributed by atoms with Crippen LogP contribution >= 0.6 is 0 Å². The van der Waals surface area contributed by atoms with Gasteiger partial charge in [0, 0.05) is 18.4 Å². The van der Waals surface area contributed by atoms with Crippen LogP contribution in [0.1, 0.15) is 54.2 Å². The maximum absolute atomic E-state index is 12.0. The minimum absolute atomic E-state index is 0.159. The summed E-state index contributed by atoms with van der Waals surface area (Å²) < 4.78 is 0. The van der Waals surface area contributed by atoms with Crippen LogP contribution in [0.2, 0.25) is 0 Å². The van der Waals surface area contributed by atoms with Crippen molar-refractivity contribution in [2.24, 2.45) is 5.92 Å². The van der Waals surface area contributed by atoms with Gasteiger partial charge < -0.3 is 16.2 Å². The molecule has 2 atom stereocenters. The highest BCUT2D eigenvalue weighted by molar-refractivity contribution is 5.97. The van der Waals surface area contributed by atoms with Crippen molar-refractivity contribution < 1.29 is 9.90 Å². The van der Waals surface area contributed by atoms with E-state index in [1.54, 1.807) is 0 Å². The number of carbonyl (C=O) groups excluding carboxylic acids is 1. The third-order valence-electron chi connectivity index (χ3n) is 4.18. The summed E-state index contributed by atoms with van der Waals surface area (Å²) in [4.78, 5) is 12.0. The van der Waals surface area contributed by atoms with E-state index >= 15 is 0 Å². The number of aliphatic hydroxyl groups is 1. The van der Waals surface area contributed by atoms with E-state index in [9.17, 15) is 9.90 Å². The second-order valence-corrected chi connectivity index (χ2v) is 5.64. The molecule has 0 saturated heterocycles. The molecule has 6 nitrogen and oxygen atoms in total. The molecule has 2 unspecified atom stereocenters. The van der Waals surface area contributed by atoms with Gasteiger partial charge in [-0.2, -0.15) is 5.10 Å². The number of nitrogen functional groups attached to an aromatic ring is 1. The van der Waals surface area contributed by atoms with Gasteiger partial charge in [0.25, 0.3) is 5.91 Å². The van der Waals surface area contributed by atoms with Crippen LogP contribution < -0.4 is 11.1 Å². The van der Waals surface area contributed by atoms with Gasteiger partial charge in [-0.05, 0) is 25.7 Å². The number of H-pyrrole nitrogens is 1. The van der Waals surface area contributed by atoms with Crippen LogP contribution in [0.5, 0.6) is 0 Å². The number of aromatic nitrogens is 2. The van der Waals surface area contributed by atoms with Gasteiger partial charge in [-0.15, -0.1) is 0 Å². The van der Waals surface area contributed by atoms with Crippen LogP contribution in [-0.4, -0.2) is 33.9 Å². The topological polar surface area (TPSA) is 104 Å². The lowest BCUT2D eigenvalue weighted by Crippen LogP contribution is -2.33. The number of nitrogens with zero attached hydrogens (tertiary/aromatic N) is 1. The van der Waals surface area contributed by atoms with Crippen molar-refractivity contribution in [2.45, 2.75) is 44.1 Å². The van der Waals surface area contributed by atoms with Gasteiger partial charge in [-0.1, -0.05) is 6.42 Å². The summed E-state index contributed by atoms with van der Waals surface area (Å²) in [5.74, 6) is 0.359. The molecule has 3 rings (SSSR count). The number of anilines is 1. The predicted molar refractivity (Wildman–Crippen MR) is 70.7 cm³/mol. The Labute approximate surface area is 111 Å². The van der Waals surface area contributed by atoms with Crippen molar-refractivity contribution in [2.75, 3.05) is 12.3 Å². The van der Waals surface area contributed by atoms with Crippen molar-refractivity contribution in [3.63, 3.8) is 0 Å². The van der Waals surface area contributed by atoms with Crippen LogP contribution in [0.3, 0.4) is 0 Å². The Balaban J connectivity index is 1.60. The van der Waals surface area contributed by atoms with Gasteiger partial charge in [0.05, 0.1) is 17.5 Å². The van der Waals surface area contributed by atoms with E-state index in [-0.39, 0.29) is 23.6 Å². The van der Waals surface area contributed by atoms with Crippen molar-refractivity contribution in [1.29, 1.82) is 0 Å². The molecular formula is C13H20N4O2. The van der Waals surface area contributed by atoms with Gasteiger partial charge in [-0.25, -0.2) is 0 Å². The fourth-order valence-electron chi connectivity index (χ4n) is 2.78. The number of nitrogens with one attached hydrogen (secondary N) is 2. The number of nitrogens with two attached hydrogens (primary N) is 1. The smallest absolute Gasteiger partial charge is 0.273 e. The van der Waals surface area contributed by atoms with Crippen molar-refractivity contribution in [3.05, 3.63) is 11.4 Å². The molecular weight excluding hydrogens is 244 g/mol. The Bertz CT molecular complexity index is 481. The van der Waals surface area contributed by atoms with Gasteiger partial charge in [0.2, 0.25) is 0 Å². The minimum Gasteiger partial charge on any atom is -0.395 e. The number of carbonyl (C=O) groups is 1. The Hall–Kier alpha value is -1.56. The van der Waals surface area contributed by atoms with Crippen LogP contribution in [0.25, 0.3) is 0 Å². The Morgan fingerprint density at radius 3 is 2.84 bits per heavy atom. The standard InChI is InChI=1S/C13H20N4O2/c14-10-11(7-4-5-7)16-17-12(10)13(19)15-6-8-2-1-3-9(8)18/h7-9,18H,1-6,14H2,(H,15,19)(H,16,17). The third kappa shape index (κ3) is 2.45. The lowest BCUT2D eigenvalue weighted by molar-refractivity contribution is 0.0913. The summed E-state index contributed by atoms with van der Waals surface area (Å²) >= 11 is 0. The molecule has 0 spiro atoms. The number of rotatable bonds is 4. The summed E-state index contributed by atoms with van der Waals surface area (Å²) in [5.41, 5.74) is 7.61. The van der Waals surface area contributed by atoms with Gasteiger partial charge in [0.15, 0.2) is 5.69 Å². The van der Waals surface area contributed by atoms with E-state index in [0.29, 0.717) is 18.2 Å². The summed E-state index contributed by atoms with van der Waals surface area (Å²) in [7, 11) is 0. The molecule has 5 N–H and O–H groups in total. The van der Waals surface area contributed by atoms with Crippen molar-refractivity contribution in [1.82, 2.24) is 15.5 Å². The molecule has 19 heavy (non-hydrogen) atoms. The molecule has 2 aliphatic rings. The normalized spacial score (nSPS) is 26.6. The van der Waals surface area contributed by atoms with Gasteiger partial charge in [-0.3, -0.25) is 9.89 Å². The quantitative estimate of drug-likeness (QED) is 0.644. The average molecular weight is 264 g/mol. The number of aliphatic hydroxyl groups excluding tert-OH is 1. The molecule has 0 bridgehead atoms. The second kappa shape index (κ2) is 4.85. The van der Waals surface area contributed by atoms with E-state index in [1.165, 1.54) is 0 Å². The predicted octanol–water partition coefficient (Wildman–Crippen LogP) is 0.760. The molecule has 1 aromatic rings.